The Hall–Kier alpha value is -2.44. The lowest BCUT2D eigenvalue weighted by Gasteiger charge is -2.28. The predicted molar refractivity (Wildman–Crippen MR) is 112 cm³/mol. The number of hydrogen-bond acceptors (Lipinski definition) is 6. The van der Waals surface area contributed by atoms with Crippen molar-refractivity contribution in [3.05, 3.63) is 47.0 Å². The predicted octanol–water partition coefficient (Wildman–Crippen LogP) is 3.38. The van der Waals surface area contributed by atoms with Crippen LogP contribution in [0.4, 0.5) is 0 Å². The van der Waals surface area contributed by atoms with E-state index in [0.717, 1.165) is 61.2 Å². The van der Waals surface area contributed by atoms with Crippen LogP contribution in [0, 0.1) is 0 Å². The van der Waals surface area contributed by atoms with E-state index >= 15 is 0 Å². The molecule has 2 aliphatic rings. The average Bonchev–Trinajstić information content (AvgIpc) is 3.22. The highest BCUT2D eigenvalue weighted by atomic mass is 16.7. The number of methoxy groups -OCH3 is 1. The van der Waals surface area contributed by atoms with Crippen LogP contribution < -0.4 is 24.3 Å². The topological polar surface area (TPSA) is 52.2 Å². The lowest BCUT2D eigenvalue weighted by Crippen LogP contribution is -2.30. The first-order chi connectivity index (χ1) is 14.2. The Kier molecular flexibility index (Phi) is 6.11. The molecule has 1 atom stereocenters. The Morgan fingerprint density at radius 1 is 1.07 bits per heavy atom. The van der Waals surface area contributed by atoms with Crippen LogP contribution in [0.25, 0.3) is 0 Å². The van der Waals surface area contributed by atoms with Crippen molar-refractivity contribution in [1.29, 1.82) is 0 Å². The van der Waals surface area contributed by atoms with E-state index in [1.54, 1.807) is 7.11 Å². The van der Waals surface area contributed by atoms with E-state index in [1.807, 2.05) is 6.07 Å². The number of nitrogens with one attached hydrogen (secondary N) is 1. The van der Waals surface area contributed by atoms with Gasteiger partial charge in [-0.15, -0.1) is 0 Å². The molecule has 0 fully saturated rings. The van der Waals surface area contributed by atoms with Gasteiger partial charge in [0, 0.05) is 13.1 Å². The van der Waals surface area contributed by atoms with E-state index < -0.39 is 0 Å². The number of hydrogen-bond donors (Lipinski definition) is 1. The van der Waals surface area contributed by atoms with Gasteiger partial charge in [-0.05, 0) is 60.5 Å². The molecule has 4 rings (SSSR count). The van der Waals surface area contributed by atoms with Gasteiger partial charge in [-0.1, -0.05) is 19.9 Å². The molecule has 156 valence electrons. The van der Waals surface area contributed by atoms with E-state index in [2.05, 4.69) is 48.3 Å². The number of fused-ring (bicyclic) bond motifs is 2. The normalized spacial score (nSPS) is 17.3. The maximum Gasteiger partial charge on any atom is 0.231 e. The largest absolute Gasteiger partial charge is 0.493 e. The van der Waals surface area contributed by atoms with Crippen LogP contribution in [0.15, 0.2) is 30.3 Å². The molecule has 0 radical (unpaired) electrons. The van der Waals surface area contributed by atoms with E-state index in [1.165, 1.54) is 11.1 Å². The van der Waals surface area contributed by atoms with Crippen LogP contribution in [0.1, 0.15) is 36.6 Å². The van der Waals surface area contributed by atoms with E-state index in [9.17, 15) is 0 Å². The van der Waals surface area contributed by atoms with Crippen LogP contribution in [-0.2, 0) is 6.42 Å². The zero-order valence-corrected chi connectivity index (χ0v) is 17.5. The van der Waals surface area contributed by atoms with Crippen LogP contribution in [-0.4, -0.2) is 51.6 Å². The van der Waals surface area contributed by atoms with Crippen molar-refractivity contribution in [2.75, 3.05) is 46.7 Å². The molecule has 2 heterocycles. The van der Waals surface area contributed by atoms with Crippen molar-refractivity contribution < 1.29 is 18.9 Å². The highest BCUT2D eigenvalue weighted by molar-refractivity contribution is 5.54. The van der Waals surface area contributed by atoms with Gasteiger partial charge in [-0.2, -0.15) is 0 Å². The zero-order valence-electron chi connectivity index (χ0n) is 17.5. The standard InChI is InChI=1S/C23H30N2O4/c1-4-25(5-2)10-11-27-19-7-6-17(13-20(19)26-3)23-18-14-22-21(28-15-29-22)12-16(18)8-9-24-23/h6-7,12-14,23-24H,4-5,8-11,15H2,1-3H3. The summed E-state index contributed by atoms with van der Waals surface area (Å²) >= 11 is 0. The third-order valence-electron chi connectivity index (χ3n) is 5.77. The fourth-order valence-corrected chi connectivity index (χ4v) is 4.05. The maximum absolute atomic E-state index is 6.01. The van der Waals surface area contributed by atoms with Gasteiger partial charge in [-0.3, -0.25) is 0 Å². The Morgan fingerprint density at radius 2 is 1.86 bits per heavy atom. The molecular weight excluding hydrogens is 368 g/mol. The van der Waals surface area contributed by atoms with Crippen LogP contribution in [0.3, 0.4) is 0 Å². The molecule has 0 aliphatic carbocycles. The molecule has 6 heteroatoms. The highest BCUT2D eigenvalue weighted by Gasteiger charge is 2.26. The number of likely N-dealkylation sites (N-methyl/N-ethyl adjacent to an activating group) is 1. The minimum atomic E-state index is 0.0897. The Labute approximate surface area is 172 Å². The summed E-state index contributed by atoms with van der Waals surface area (Å²) in [5.74, 6) is 3.21. The Bertz CT molecular complexity index is 851. The SMILES string of the molecule is CCN(CC)CCOc1ccc(C2NCCc3cc4c(cc32)OCO4)cc1OC. The van der Waals surface area contributed by atoms with E-state index in [-0.39, 0.29) is 6.04 Å². The van der Waals surface area contributed by atoms with Crippen molar-refractivity contribution in [1.82, 2.24) is 10.2 Å². The molecule has 2 aliphatic heterocycles. The maximum atomic E-state index is 6.01. The van der Waals surface area contributed by atoms with Gasteiger partial charge in [0.2, 0.25) is 6.79 Å². The second-order valence-electron chi connectivity index (χ2n) is 7.33. The summed E-state index contributed by atoms with van der Waals surface area (Å²) in [6.45, 7) is 9.16. The minimum absolute atomic E-state index is 0.0897. The molecule has 6 nitrogen and oxygen atoms in total. The quantitative estimate of drug-likeness (QED) is 0.736. The highest BCUT2D eigenvalue weighted by Crippen LogP contribution is 2.41. The lowest BCUT2D eigenvalue weighted by atomic mass is 9.89. The van der Waals surface area contributed by atoms with Crippen LogP contribution in [0.5, 0.6) is 23.0 Å². The van der Waals surface area contributed by atoms with Crippen molar-refractivity contribution in [3.63, 3.8) is 0 Å². The van der Waals surface area contributed by atoms with Crippen LogP contribution in [0.2, 0.25) is 0 Å². The van der Waals surface area contributed by atoms with Gasteiger partial charge in [0.05, 0.1) is 13.2 Å². The van der Waals surface area contributed by atoms with E-state index in [0.29, 0.717) is 13.4 Å². The summed E-state index contributed by atoms with van der Waals surface area (Å²) < 4.78 is 22.8. The Morgan fingerprint density at radius 3 is 2.62 bits per heavy atom. The van der Waals surface area contributed by atoms with Crippen molar-refractivity contribution >= 4 is 0 Å². The first-order valence-corrected chi connectivity index (χ1v) is 10.4. The van der Waals surface area contributed by atoms with Gasteiger partial charge in [0.1, 0.15) is 6.61 Å². The smallest absolute Gasteiger partial charge is 0.231 e. The summed E-state index contributed by atoms with van der Waals surface area (Å²) in [6.07, 6.45) is 0.978. The fourth-order valence-electron chi connectivity index (χ4n) is 4.05. The average molecular weight is 399 g/mol. The molecular formula is C23H30N2O4. The van der Waals surface area contributed by atoms with Gasteiger partial charge in [0.15, 0.2) is 23.0 Å². The fraction of sp³-hybridized carbons (Fsp3) is 0.478. The minimum Gasteiger partial charge on any atom is -0.493 e. The van der Waals surface area contributed by atoms with Gasteiger partial charge < -0.3 is 29.2 Å². The van der Waals surface area contributed by atoms with Crippen molar-refractivity contribution in [2.45, 2.75) is 26.3 Å². The van der Waals surface area contributed by atoms with Gasteiger partial charge in [0.25, 0.3) is 0 Å². The van der Waals surface area contributed by atoms with Gasteiger partial charge >= 0.3 is 0 Å². The van der Waals surface area contributed by atoms with Crippen molar-refractivity contribution in [3.8, 4) is 23.0 Å². The third kappa shape index (κ3) is 4.14. The second-order valence-corrected chi connectivity index (χ2v) is 7.33. The van der Waals surface area contributed by atoms with Crippen LogP contribution >= 0.6 is 0 Å². The summed E-state index contributed by atoms with van der Waals surface area (Å²) in [5, 5.41) is 3.63. The Balaban J connectivity index is 1.54. The molecule has 0 saturated heterocycles. The molecule has 2 aromatic carbocycles. The number of benzene rings is 2. The summed E-state index contributed by atoms with van der Waals surface area (Å²) in [5.41, 5.74) is 3.69. The monoisotopic (exact) mass is 398 g/mol. The molecule has 2 aromatic rings. The molecule has 0 spiro atoms. The number of nitrogens with zero attached hydrogens (tertiary/aromatic N) is 1. The molecule has 1 N–H and O–H groups in total. The summed E-state index contributed by atoms with van der Waals surface area (Å²) in [6, 6.07) is 10.5. The first-order valence-electron chi connectivity index (χ1n) is 10.4. The van der Waals surface area contributed by atoms with E-state index in [4.69, 9.17) is 18.9 Å². The number of rotatable bonds is 8. The number of ether oxygens (including phenoxy) is 4. The lowest BCUT2D eigenvalue weighted by molar-refractivity contribution is 0.174. The second kappa shape index (κ2) is 8.93. The molecule has 1 unspecified atom stereocenters. The molecule has 0 aromatic heterocycles. The molecule has 0 saturated carbocycles. The van der Waals surface area contributed by atoms with Gasteiger partial charge in [-0.25, -0.2) is 0 Å². The van der Waals surface area contributed by atoms with Crippen molar-refractivity contribution in [2.24, 2.45) is 0 Å². The first kappa shape index (κ1) is 19.9. The summed E-state index contributed by atoms with van der Waals surface area (Å²) in [7, 11) is 1.69. The summed E-state index contributed by atoms with van der Waals surface area (Å²) in [4.78, 5) is 2.34. The third-order valence-corrected chi connectivity index (χ3v) is 5.77. The molecule has 0 bridgehead atoms. The molecule has 0 amide bonds. The molecule has 29 heavy (non-hydrogen) atoms. The zero-order chi connectivity index (χ0) is 20.2.